The van der Waals surface area contributed by atoms with E-state index in [1.54, 1.807) is 6.92 Å². The minimum absolute atomic E-state index is 0.120. The van der Waals surface area contributed by atoms with Gasteiger partial charge < -0.3 is 9.41 Å². The summed E-state index contributed by atoms with van der Waals surface area (Å²) in [5, 5.41) is 1.35. The summed E-state index contributed by atoms with van der Waals surface area (Å²) in [6.07, 6.45) is 1.90. The second-order valence-electron chi connectivity index (χ2n) is 11.7. The third-order valence-electron chi connectivity index (χ3n) is 9.23. The van der Waals surface area contributed by atoms with E-state index in [1.807, 2.05) is 0 Å². The van der Waals surface area contributed by atoms with Gasteiger partial charge in [0.1, 0.15) is 0 Å². The molecule has 1 fully saturated rings. The number of rotatable bonds is 8. The van der Waals surface area contributed by atoms with Gasteiger partial charge in [0.15, 0.2) is 14.1 Å². The number of allylic oxidation sites excluding steroid dienone is 1. The van der Waals surface area contributed by atoms with Gasteiger partial charge in [-0.25, -0.2) is 0 Å². The lowest BCUT2D eigenvalue weighted by molar-refractivity contribution is -0.115. The van der Waals surface area contributed by atoms with Crippen molar-refractivity contribution in [3.63, 3.8) is 0 Å². The Morgan fingerprint density at radius 1 is 1.15 bits per heavy atom. The molecule has 4 rings (SSSR count). The molecule has 0 saturated carbocycles. The number of carbonyl (C=O) groups is 1. The van der Waals surface area contributed by atoms with Crippen LogP contribution in [-0.2, 0) is 15.6 Å². The second kappa shape index (κ2) is 9.40. The Bertz CT molecular complexity index is 1050. The van der Waals surface area contributed by atoms with Crippen molar-refractivity contribution < 1.29 is 9.22 Å². The van der Waals surface area contributed by atoms with Crippen molar-refractivity contribution in [3.05, 3.63) is 47.7 Å². The number of hydrogen-bond acceptors (Lipinski definition) is 3. The molecule has 34 heavy (non-hydrogen) atoms. The highest BCUT2D eigenvalue weighted by atomic mass is 28.4. The van der Waals surface area contributed by atoms with Crippen molar-refractivity contribution in [2.75, 3.05) is 13.7 Å². The summed E-state index contributed by atoms with van der Waals surface area (Å²) in [6.45, 7) is 20.8. The van der Waals surface area contributed by atoms with E-state index in [1.165, 1.54) is 22.2 Å². The fourth-order valence-corrected chi connectivity index (χ4v) is 13.0. The molecule has 3 heterocycles. The molecule has 1 saturated heterocycles. The lowest BCUT2D eigenvalue weighted by atomic mass is 9.68. The Hall–Kier alpha value is -1.69. The summed E-state index contributed by atoms with van der Waals surface area (Å²) in [7, 11) is 0.257. The van der Waals surface area contributed by atoms with Gasteiger partial charge in [0, 0.05) is 35.2 Å². The number of carbonyl (C=O) groups excluding carboxylic acids is 1. The predicted octanol–water partition coefficient (Wildman–Crippen LogP) is 7.04. The maximum atomic E-state index is 12.5. The Morgan fingerprint density at radius 2 is 1.76 bits per heavy atom. The van der Waals surface area contributed by atoms with E-state index < -0.39 is 8.32 Å². The zero-order valence-electron chi connectivity index (χ0n) is 22.4. The standard InChI is InChI=1S/C29H44N2O2Si/c1-17(2)34(18(3)4,19(5)6)33-16-25-23(20(7)21(8)32)14-28-29-24(15-27(25)31(28)9)22-12-10-11-13-26(22)30-29/h10-13,17-19,23,25,27-28,30H,7,14-16H2,1-6,8-9H3/t23-,25+,27+,28+/m0/s1. The van der Waals surface area contributed by atoms with Crippen molar-refractivity contribution in [1.82, 2.24) is 9.88 Å². The molecule has 0 unspecified atom stereocenters. The first kappa shape index (κ1) is 25.4. The normalized spacial score (nSPS) is 25.4. The van der Waals surface area contributed by atoms with E-state index >= 15 is 0 Å². The van der Waals surface area contributed by atoms with Crippen LogP contribution in [0.5, 0.6) is 0 Å². The first-order valence-electron chi connectivity index (χ1n) is 13.2. The maximum absolute atomic E-state index is 12.5. The Balaban J connectivity index is 1.74. The van der Waals surface area contributed by atoms with Crippen LogP contribution >= 0.6 is 0 Å². The molecule has 2 aliphatic rings. The fraction of sp³-hybridized carbons (Fsp3) is 0.621. The van der Waals surface area contributed by atoms with E-state index in [4.69, 9.17) is 4.43 Å². The lowest BCUT2D eigenvalue weighted by Crippen LogP contribution is -2.56. The summed E-state index contributed by atoms with van der Waals surface area (Å²) in [5.41, 5.74) is 6.42. The van der Waals surface area contributed by atoms with Crippen molar-refractivity contribution in [3.8, 4) is 0 Å². The van der Waals surface area contributed by atoms with Gasteiger partial charge in [-0.05, 0) is 66.6 Å². The van der Waals surface area contributed by atoms with Crippen LogP contribution < -0.4 is 0 Å². The second-order valence-corrected chi connectivity index (χ2v) is 17.2. The average molecular weight is 481 g/mol. The third kappa shape index (κ3) is 3.94. The molecule has 2 aliphatic heterocycles. The molecule has 4 atom stereocenters. The fourth-order valence-electron chi connectivity index (χ4n) is 7.56. The van der Waals surface area contributed by atoms with Crippen molar-refractivity contribution in [1.29, 1.82) is 0 Å². The summed E-state index contributed by atoms with van der Waals surface area (Å²) in [6, 6.07) is 9.28. The summed E-state index contributed by atoms with van der Waals surface area (Å²) in [4.78, 5) is 18.8. The molecule has 0 radical (unpaired) electrons. The number of benzene rings is 1. The SMILES string of the molecule is C=C(C(C)=O)[C@@H]1C[C@@H]2c3[nH]c4ccccc4c3C[C@H]([C@@H]1CO[Si](C(C)C)(C(C)C)C(C)C)N2C. The van der Waals surface area contributed by atoms with Crippen molar-refractivity contribution >= 4 is 25.0 Å². The number of para-hydroxylation sites is 1. The first-order chi connectivity index (χ1) is 16.0. The Kier molecular flexibility index (Phi) is 7.02. The number of aromatic amines is 1. The van der Waals surface area contributed by atoms with Gasteiger partial charge in [0.05, 0.1) is 6.04 Å². The van der Waals surface area contributed by atoms with Crippen LogP contribution in [0.4, 0.5) is 0 Å². The molecule has 5 heteroatoms. The van der Waals surface area contributed by atoms with Gasteiger partial charge in [-0.3, -0.25) is 9.69 Å². The number of ketones is 1. The van der Waals surface area contributed by atoms with Gasteiger partial charge in [-0.1, -0.05) is 66.3 Å². The molecule has 0 amide bonds. The average Bonchev–Trinajstić information content (AvgIpc) is 3.12. The van der Waals surface area contributed by atoms with Crippen LogP contribution in [-0.4, -0.2) is 43.7 Å². The molecule has 0 aliphatic carbocycles. The highest BCUT2D eigenvalue weighted by Gasteiger charge is 2.50. The van der Waals surface area contributed by atoms with Crippen molar-refractivity contribution in [2.45, 2.75) is 90.0 Å². The molecule has 186 valence electrons. The molecule has 2 aromatic rings. The number of H-pyrrole nitrogens is 1. The quantitative estimate of drug-likeness (QED) is 0.325. The Morgan fingerprint density at radius 3 is 2.35 bits per heavy atom. The summed E-state index contributed by atoms with van der Waals surface area (Å²) >= 11 is 0. The lowest BCUT2D eigenvalue weighted by Gasteiger charge is -2.53. The van der Waals surface area contributed by atoms with Gasteiger partial charge in [0.2, 0.25) is 0 Å². The topological polar surface area (TPSA) is 45.3 Å². The number of Topliss-reactive ketones (excluding diaryl/α,β-unsaturated/α-hetero) is 1. The zero-order valence-corrected chi connectivity index (χ0v) is 23.4. The molecule has 1 aromatic heterocycles. The smallest absolute Gasteiger partial charge is 0.200 e. The zero-order chi connectivity index (χ0) is 24.9. The van der Waals surface area contributed by atoms with Gasteiger partial charge >= 0.3 is 0 Å². The first-order valence-corrected chi connectivity index (χ1v) is 15.3. The molecule has 2 bridgehead atoms. The van der Waals surface area contributed by atoms with Crippen molar-refractivity contribution in [2.24, 2.45) is 11.8 Å². The Labute approximate surface area is 207 Å². The number of nitrogens with one attached hydrogen (secondary N) is 1. The summed E-state index contributed by atoms with van der Waals surface area (Å²) in [5.74, 6) is 0.540. The van der Waals surface area contributed by atoms with Crippen LogP contribution in [0.2, 0.25) is 16.6 Å². The molecular formula is C29H44N2O2Si. The van der Waals surface area contributed by atoms with Crippen LogP contribution in [0.1, 0.15) is 72.2 Å². The van der Waals surface area contributed by atoms with Gasteiger partial charge in [0.25, 0.3) is 0 Å². The van der Waals surface area contributed by atoms with Crippen LogP contribution in [0.25, 0.3) is 10.9 Å². The number of fused-ring (bicyclic) bond motifs is 6. The highest BCUT2D eigenvalue weighted by molar-refractivity contribution is 6.77. The van der Waals surface area contributed by atoms with E-state index in [9.17, 15) is 4.79 Å². The number of nitrogens with zero attached hydrogens (tertiary/aromatic N) is 1. The number of hydrogen-bond donors (Lipinski definition) is 1. The minimum Gasteiger partial charge on any atom is -0.416 e. The maximum Gasteiger partial charge on any atom is 0.200 e. The van der Waals surface area contributed by atoms with Crippen LogP contribution in [0.15, 0.2) is 36.4 Å². The van der Waals surface area contributed by atoms with Crippen LogP contribution in [0, 0.1) is 11.8 Å². The van der Waals surface area contributed by atoms with E-state index in [0.717, 1.165) is 25.0 Å². The molecule has 0 spiro atoms. The number of likely N-dealkylation sites (N-methyl/N-ethyl adjacent to an activating group) is 1. The highest BCUT2D eigenvalue weighted by Crippen LogP contribution is 2.50. The van der Waals surface area contributed by atoms with Gasteiger partial charge in [-0.15, -0.1) is 0 Å². The molecular weight excluding hydrogens is 436 g/mol. The third-order valence-corrected chi connectivity index (χ3v) is 15.3. The van der Waals surface area contributed by atoms with E-state index in [0.29, 0.717) is 22.7 Å². The number of aromatic nitrogens is 1. The molecule has 1 N–H and O–H groups in total. The predicted molar refractivity (Wildman–Crippen MR) is 145 cm³/mol. The molecule has 1 aromatic carbocycles. The number of piperidine rings is 1. The van der Waals surface area contributed by atoms with Crippen LogP contribution in [0.3, 0.4) is 0 Å². The van der Waals surface area contributed by atoms with Gasteiger partial charge in [-0.2, -0.15) is 0 Å². The summed E-state index contributed by atoms with van der Waals surface area (Å²) < 4.78 is 7.16. The van der Waals surface area contributed by atoms with E-state index in [-0.39, 0.29) is 23.7 Å². The van der Waals surface area contributed by atoms with E-state index in [2.05, 4.69) is 89.3 Å². The minimum atomic E-state index is -2.01. The monoisotopic (exact) mass is 480 g/mol. The molecule has 4 nitrogen and oxygen atoms in total. The largest absolute Gasteiger partial charge is 0.416 e.